The van der Waals surface area contributed by atoms with Crippen LogP contribution in [0.25, 0.3) is 0 Å². The SMILES string of the molecule is COC(=O)c1nc(CC(C)OC)sc1C. The number of methoxy groups -OCH3 is 2. The fourth-order valence-corrected chi connectivity index (χ4v) is 2.19. The summed E-state index contributed by atoms with van der Waals surface area (Å²) < 4.78 is 9.78. The first kappa shape index (κ1) is 12.1. The Balaban J connectivity index is 2.81. The van der Waals surface area contributed by atoms with Crippen LogP contribution in [0.5, 0.6) is 0 Å². The molecular weight excluding hydrogens is 214 g/mol. The highest BCUT2D eigenvalue weighted by atomic mass is 32.1. The summed E-state index contributed by atoms with van der Waals surface area (Å²) in [6, 6.07) is 0. The van der Waals surface area contributed by atoms with E-state index in [1.165, 1.54) is 18.4 Å². The molecule has 5 heteroatoms. The standard InChI is InChI=1S/C10H15NO3S/c1-6(13-3)5-8-11-9(7(2)15-8)10(12)14-4/h6H,5H2,1-4H3. The monoisotopic (exact) mass is 229 g/mol. The van der Waals surface area contributed by atoms with E-state index < -0.39 is 0 Å². The molecule has 0 saturated carbocycles. The van der Waals surface area contributed by atoms with E-state index >= 15 is 0 Å². The second-order valence-electron chi connectivity index (χ2n) is 3.25. The number of hydrogen-bond donors (Lipinski definition) is 0. The van der Waals surface area contributed by atoms with Crippen molar-refractivity contribution in [1.29, 1.82) is 0 Å². The largest absolute Gasteiger partial charge is 0.464 e. The van der Waals surface area contributed by atoms with Gasteiger partial charge < -0.3 is 9.47 Å². The zero-order valence-corrected chi connectivity index (χ0v) is 10.2. The fourth-order valence-electron chi connectivity index (χ4n) is 1.15. The summed E-state index contributed by atoms with van der Waals surface area (Å²) in [5, 5.41) is 0.905. The van der Waals surface area contributed by atoms with Crippen LogP contribution >= 0.6 is 11.3 Å². The molecule has 84 valence electrons. The molecule has 1 atom stereocenters. The van der Waals surface area contributed by atoms with Gasteiger partial charge in [0.25, 0.3) is 0 Å². The molecule has 0 fully saturated rings. The van der Waals surface area contributed by atoms with E-state index in [0.717, 1.165) is 16.3 Å². The summed E-state index contributed by atoms with van der Waals surface area (Å²) in [5.74, 6) is -0.375. The molecule has 0 aliphatic heterocycles. The molecule has 0 bridgehead atoms. The molecule has 1 aromatic rings. The highest BCUT2D eigenvalue weighted by Gasteiger charge is 2.16. The van der Waals surface area contributed by atoms with Crippen LogP contribution in [-0.2, 0) is 15.9 Å². The van der Waals surface area contributed by atoms with Crippen molar-refractivity contribution in [1.82, 2.24) is 4.98 Å². The third-order valence-electron chi connectivity index (χ3n) is 2.08. The van der Waals surface area contributed by atoms with Crippen molar-refractivity contribution >= 4 is 17.3 Å². The first-order valence-corrected chi connectivity index (χ1v) is 5.47. The van der Waals surface area contributed by atoms with Gasteiger partial charge in [-0.3, -0.25) is 0 Å². The predicted octanol–water partition coefficient (Wildman–Crippen LogP) is 1.82. The number of aromatic nitrogens is 1. The van der Waals surface area contributed by atoms with E-state index in [4.69, 9.17) is 4.74 Å². The Kier molecular flexibility index (Phi) is 4.23. The van der Waals surface area contributed by atoms with Crippen molar-refractivity contribution in [2.75, 3.05) is 14.2 Å². The van der Waals surface area contributed by atoms with E-state index in [0.29, 0.717) is 5.69 Å². The van der Waals surface area contributed by atoms with Gasteiger partial charge in [0.15, 0.2) is 5.69 Å². The van der Waals surface area contributed by atoms with Crippen molar-refractivity contribution in [2.24, 2.45) is 0 Å². The Bertz CT molecular complexity index is 348. The van der Waals surface area contributed by atoms with Gasteiger partial charge in [0, 0.05) is 18.4 Å². The van der Waals surface area contributed by atoms with Gasteiger partial charge in [-0.2, -0.15) is 0 Å². The van der Waals surface area contributed by atoms with Crippen LogP contribution in [0.1, 0.15) is 27.3 Å². The molecule has 1 heterocycles. The summed E-state index contributed by atoms with van der Waals surface area (Å²) in [5.41, 5.74) is 0.417. The number of rotatable bonds is 4. The van der Waals surface area contributed by atoms with E-state index in [-0.39, 0.29) is 12.1 Å². The van der Waals surface area contributed by atoms with Gasteiger partial charge in [-0.25, -0.2) is 9.78 Å². The highest BCUT2D eigenvalue weighted by molar-refractivity contribution is 7.11. The number of carbonyl (C=O) groups excluding carboxylic acids is 1. The number of thiazole rings is 1. The van der Waals surface area contributed by atoms with Crippen molar-refractivity contribution in [3.05, 3.63) is 15.6 Å². The Morgan fingerprint density at radius 1 is 1.53 bits per heavy atom. The molecule has 0 amide bonds. The van der Waals surface area contributed by atoms with Gasteiger partial charge >= 0.3 is 5.97 Å². The zero-order valence-electron chi connectivity index (χ0n) is 9.36. The maximum absolute atomic E-state index is 11.3. The van der Waals surface area contributed by atoms with Gasteiger partial charge in [0.05, 0.1) is 18.2 Å². The van der Waals surface area contributed by atoms with Gasteiger partial charge in [-0.05, 0) is 13.8 Å². The average molecular weight is 229 g/mol. The van der Waals surface area contributed by atoms with Crippen LogP contribution in [0.4, 0.5) is 0 Å². The second kappa shape index (κ2) is 5.23. The predicted molar refractivity (Wildman–Crippen MR) is 58.4 cm³/mol. The van der Waals surface area contributed by atoms with E-state index in [2.05, 4.69) is 9.72 Å². The van der Waals surface area contributed by atoms with Crippen LogP contribution < -0.4 is 0 Å². The quantitative estimate of drug-likeness (QED) is 0.739. The summed E-state index contributed by atoms with van der Waals surface area (Å²) in [6.07, 6.45) is 0.833. The van der Waals surface area contributed by atoms with Crippen molar-refractivity contribution in [2.45, 2.75) is 26.4 Å². The molecule has 0 aromatic carbocycles. The number of ether oxygens (including phenoxy) is 2. The smallest absolute Gasteiger partial charge is 0.357 e. The zero-order chi connectivity index (χ0) is 11.4. The van der Waals surface area contributed by atoms with Crippen LogP contribution in [0.15, 0.2) is 0 Å². The minimum atomic E-state index is -0.375. The molecule has 15 heavy (non-hydrogen) atoms. The summed E-state index contributed by atoms with van der Waals surface area (Å²) >= 11 is 1.51. The van der Waals surface area contributed by atoms with Crippen LogP contribution in [0.3, 0.4) is 0 Å². The summed E-state index contributed by atoms with van der Waals surface area (Å²) in [7, 11) is 3.02. The Morgan fingerprint density at radius 3 is 2.73 bits per heavy atom. The minimum absolute atomic E-state index is 0.112. The van der Waals surface area contributed by atoms with E-state index in [9.17, 15) is 4.79 Å². The Morgan fingerprint density at radius 2 is 2.20 bits per heavy atom. The number of hydrogen-bond acceptors (Lipinski definition) is 5. The van der Waals surface area contributed by atoms with Gasteiger partial charge in [0.1, 0.15) is 0 Å². The summed E-state index contributed by atoms with van der Waals surface area (Å²) in [6.45, 7) is 3.83. The van der Waals surface area contributed by atoms with Crippen molar-refractivity contribution in [3.63, 3.8) is 0 Å². The summed E-state index contributed by atoms with van der Waals surface area (Å²) in [4.78, 5) is 16.4. The Hall–Kier alpha value is -0.940. The first-order chi connectivity index (χ1) is 7.08. The lowest BCUT2D eigenvalue weighted by molar-refractivity contribution is 0.0593. The minimum Gasteiger partial charge on any atom is -0.464 e. The topological polar surface area (TPSA) is 48.4 Å². The van der Waals surface area contributed by atoms with Crippen molar-refractivity contribution in [3.8, 4) is 0 Å². The van der Waals surface area contributed by atoms with Crippen molar-refractivity contribution < 1.29 is 14.3 Å². The number of nitrogens with zero attached hydrogens (tertiary/aromatic N) is 1. The van der Waals surface area contributed by atoms with E-state index in [1.54, 1.807) is 7.11 Å². The molecule has 1 aromatic heterocycles. The molecule has 0 saturated heterocycles. The fraction of sp³-hybridized carbons (Fsp3) is 0.600. The first-order valence-electron chi connectivity index (χ1n) is 4.66. The maximum atomic E-state index is 11.3. The number of esters is 1. The highest BCUT2D eigenvalue weighted by Crippen LogP contribution is 2.19. The molecular formula is C10H15NO3S. The molecule has 0 spiro atoms. The van der Waals surface area contributed by atoms with Crippen LogP contribution in [-0.4, -0.2) is 31.3 Å². The van der Waals surface area contributed by atoms with Crippen LogP contribution in [0, 0.1) is 6.92 Å². The maximum Gasteiger partial charge on any atom is 0.357 e. The van der Waals surface area contributed by atoms with Crippen LogP contribution in [0.2, 0.25) is 0 Å². The molecule has 1 rings (SSSR count). The molecule has 4 nitrogen and oxygen atoms in total. The normalized spacial score (nSPS) is 12.5. The van der Waals surface area contributed by atoms with Gasteiger partial charge in [-0.15, -0.1) is 11.3 Å². The molecule has 0 radical (unpaired) electrons. The average Bonchev–Trinajstić information content (AvgIpc) is 2.58. The lowest BCUT2D eigenvalue weighted by Crippen LogP contribution is -2.09. The molecule has 0 aliphatic carbocycles. The second-order valence-corrected chi connectivity index (χ2v) is 4.54. The number of carbonyl (C=O) groups is 1. The van der Waals surface area contributed by atoms with Gasteiger partial charge in [-0.1, -0.05) is 0 Å². The third kappa shape index (κ3) is 3.00. The molecule has 0 aliphatic rings. The lowest BCUT2D eigenvalue weighted by Gasteiger charge is -2.05. The molecule has 1 unspecified atom stereocenters. The third-order valence-corrected chi connectivity index (χ3v) is 3.08. The van der Waals surface area contributed by atoms with Gasteiger partial charge in [0.2, 0.25) is 0 Å². The number of aryl methyl sites for hydroxylation is 1. The van der Waals surface area contributed by atoms with E-state index in [1.807, 2.05) is 13.8 Å². The lowest BCUT2D eigenvalue weighted by atomic mass is 10.3. The molecule has 0 N–H and O–H groups in total. The Labute approximate surface area is 93.2 Å².